The van der Waals surface area contributed by atoms with Crippen molar-refractivity contribution in [2.45, 2.75) is 38.3 Å². The molecule has 1 atom stereocenters. The summed E-state index contributed by atoms with van der Waals surface area (Å²) in [5.41, 5.74) is 1.43. The van der Waals surface area contributed by atoms with Gasteiger partial charge in [-0.15, -0.1) is 0 Å². The minimum Gasteiger partial charge on any atom is -0.320 e. The highest BCUT2D eigenvalue weighted by molar-refractivity contribution is 9.10. The predicted octanol–water partition coefficient (Wildman–Crippen LogP) is 3.41. The van der Waals surface area contributed by atoms with Gasteiger partial charge in [0.05, 0.1) is 0 Å². The summed E-state index contributed by atoms with van der Waals surface area (Å²) in [5, 5.41) is 3.27. The molecule has 2 rings (SSSR count). The van der Waals surface area contributed by atoms with Gasteiger partial charge in [0.15, 0.2) is 0 Å². The maximum atomic E-state index is 3.49. The van der Waals surface area contributed by atoms with Crippen LogP contribution in [0.3, 0.4) is 0 Å². The summed E-state index contributed by atoms with van der Waals surface area (Å²) in [5.74, 6) is 0. The highest BCUT2D eigenvalue weighted by atomic mass is 79.9. The molecule has 1 fully saturated rings. The molecule has 1 heterocycles. The minimum absolute atomic E-state index is 0.759. The molecule has 3 heteroatoms. The average Bonchev–Trinajstić information content (AvgIpc) is 2.40. The fraction of sp³-hybridized carbons (Fsp3) is 0.600. The molecule has 0 aliphatic carbocycles. The van der Waals surface area contributed by atoms with Crippen molar-refractivity contribution in [2.75, 3.05) is 20.1 Å². The Kier molecular flexibility index (Phi) is 5.67. The quantitative estimate of drug-likeness (QED) is 0.896. The normalized spacial score (nSPS) is 21.1. The number of rotatable bonds is 5. The maximum absolute atomic E-state index is 3.49. The van der Waals surface area contributed by atoms with Crippen molar-refractivity contribution in [1.29, 1.82) is 0 Å². The van der Waals surface area contributed by atoms with E-state index in [4.69, 9.17) is 0 Å². The molecule has 0 aromatic heterocycles. The number of nitrogens with zero attached hydrogens (tertiary/aromatic N) is 1. The Labute approximate surface area is 119 Å². The lowest BCUT2D eigenvalue weighted by atomic mass is 9.98. The number of hydrogen-bond donors (Lipinski definition) is 1. The molecule has 2 nitrogen and oxygen atoms in total. The van der Waals surface area contributed by atoms with E-state index < -0.39 is 0 Å². The van der Waals surface area contributed by atoms with Gasteiger partial charge in [0, 0.05) is 17.1 Å². The van der Waals surface area contributed by atoms with Gasteiger partial charge in [-0.05, 0) is 57.1 Å². The molecule has 0 spiro atoms. The molecule has 1 aromatic rings. The summed E-state index contributed by atoms with van der Waals surface area (Å²) in [6.07, 6.45) is 5.38. The molecule has 0 saturated carbocycles. The van der Waals surface area contributed by atoms with E-state index in [0.717, 1.165) is 23.6 Å². The van der Waals surface area contributed by atoms with Crippen LogP contribution in [0.1, 0.15) is 31.2 Å². The van der Waals surface area contributed by atoms with Crippen LogP contribution in [0, 0.1) is 0 Å². The lowest BCUT2D eigenvalue weighted by Gasteiger charge is -2.36. The molecule has 1 unspecified atom stereocenters. The van der Waals surface area contributed by atoms with E-state index >= 15 is 0 Å². The van der Waals surface area contributed by atoms with E-state index in [1.807, 2.05) is 7.05 Å². The highest BCUT2D eigenvalue weighted by Crippen LogP contribution is 2.22. The number of piperidine rings is 1. The van der Waals surface area contributed by atoms with Crippen LogP contribution < -0.4 is 5.32 Å². The predicted molar refractivity (Wildman–Crippen MR) is 80.7 cm³/mol. The van der Waals surface area contributed by atoms with Crippen LogP contribution in [0.5, 0.6) is 0 Å². The standard InChI is InChI=1S/C15H23BrN2/c1-17-10-9-15-4-2-3-11-18(15)12-13-5-7-14(16)8-6-13/h5-8,15,17H,2-4,9-12H2,1H3. The molecule has 1 N–H and O–H groups in total. The van der Waals surface area contributed by atoms with E-state index in [1.165, 1.54) is 37.8 Å². The number of nitrogens with one attached hydrogen (secondary N) is 1. The zero-order chi connectivity index (χ0) is 12.8. The van der Waals surface area contributed by atoms with E-state index in [1.54, 1.807) is 0 Å². The van der Waals surface area contributed by atoms with Crippen molar-refractivity contribution >= 4 is 15.9 Å². The van der Waals surface area contributed by atoms with Crippen molar-refractivity contribution in [3.63, 3.8) is 0 Å². The first-order chi connectivity index (χ1) is 8.79. The zero-order valence-electron chi connectivity index (χ0n) is 11.2. The second kappa shape index (κ2) is 7.27. The number of likely N-dealkylation sites (tertiary alicyclic amines) is 1. The Morgan fingerprint density at radius 1 is 1.28 bits per heavy atom. The average molecular weight is 311 g/mol. The van der Waals surface area contributed by atoms with Crippen molar-refractivity contribution in [1.82, 2.24) is 10.2 Å². The number of halogens is 1. The summed E-state index contributed by atoms with van der Waals surface area (Å²) in [6, 6.07) is 9.50. The zero-order valence-corrected chi connectivity index (χ0v) is 12.7. The van der Waals surface area contributed by atoms with Gasteiger partial charge in [-0.1, -0.05) is 34.5 Å². The smallest absolute Gasteiger partial charge is 0.0236 e. The molecule has 18 heavy (non-hydrogen) atoms. The fourth-order valence-electron chi connectivity index (χ4n) is 2.73. The Bertz CT molecular complexity index is 350. The molecular weight excluding hydrogens is 288 g/mol. The molecular formula is C15H23BrN2. The van der Waals surface area contributed by atoms with E-state index in [2.05, 4.69) is 50.4 Å². The summed E-state index contributed by atoms with van der Waals surface area (Å²) >= 11 is 3.49. The van der Waals surface area contributed by atoms with E-state index in [9.17, 15) is 0 Å². The summed E-state index contributed by atoms with van der Waals surface area (Å²) in [7, 11) is 2.04. The molecule has 1 aliphatic rings. The largest absolute Gasteiger partial charge is 0.320 e. The van der Waals surface area contributed by atoms with Crippen molar-refractivity contribution < 1.29 is 0 Å². The second-order valence-electron chi connectivity index (χ2n) is 5.14. The third-order valence-corrected chi connectivity index (χ3v) is 4.30. The van der Waals surface area contributed by atoms with Crippen LogP contribution in [0.25, 0.3) is 0 Å². The topological polar surface area (TPSA) is 15.3 Å². The Hall–Kier alpha value is -0.380. The Balaban J connectivity index is 1.94. The first kappa shape index (κ1) is 14.0. The number of hydrogen-bond acceptors (Lipinski definition) is 2. The summed E-state index contributed by atoms with van der Waals surface area (Å²) < 4.78 is 1.16. The van der Waals surface area contributed by atoms with Crippen LogP contribution in [-0.2, 0) is 6.54 Å². The monoisotopic (exact) mass is 310 g/mol. The fourth-order valence-corrected chi connectivity index (χ4v) is 2.99. The Morgan fingerprint density at radius 2 is 2.06 bits per heavy atom. The van der Waals surface area contributed by atoms with Gasteiger partial charge in [-0.25, -0.2) is 0 Å². The molecule has 0 bridgehead atoms. The van der Waals surface area contributed by atoms with Crippen molar-refractivity contribution in [3.05, 3.63) is 34.3 Å². The van der Waals surface area contributed by atoms with Gasteiger partial charge in [-0.2, -0.15) is 0 Å². The molecule has 1 saturated heterocycles. The van der Waals surface area contributed by atoms with Gasteiger partial charge >= 0.3 is 0 Å². The lowest BCUT2D eigenvalue weighted by molar-refractivity contribution is 0.132. The van der Waals surface area contributed by atoms with E-state index in [-0.39, 0.29) is 0 Å². The first-order valence-electron chi connectivity index (χ1n) is 6.92. The molecule has 100 valence electrons. The third kappa shape index (κ3) is 4.08. The SMILES string of the molecule is CNCCC1CCCCN1Cc1ccc(Br)cc1. The molecule has 0 amide bonds. The lowest BCUT2D eigenvalue weighted by Crippen LogP contribution is -2.40. The van der Waals surface area contributed by atoms with Crippen LogP contribution in [-0.4, -0.2) is 31.1 Å². The van der Waals surface area contributed by atoms with Crippen LogP contribution in [0.2, 0.25) is 0 Å². The highest BCUT2D eigenvalue weighted by Gasteiger charge is 2.21. The van der Waals surface area contributed by atoms with Crippen LogP contribution in [0.15, 0.2) is 28.7 Å². The van der Waals surface area contributed by atoms with Crippen LogP contribution in [0.4, 0.5) is 0 Å². The van der Waals surface area contributed by atoms with Gasteiger partial charge in [0.25, 0.3) is 0 Å². The minimum atomic E-state index is 0.759. The Morgan fingerprint density at radius 3 is 2.78 bits per heavy atom. The van der Waals surface area contributed by atoms with Gasteiger partial charge in [0.2, 0.25) is 0 Å². The maximum Gasteiger partial charge on any atom is 0.0236 e. The third-order valence-electron chi connectivity index (χ3n) is 3.78. The molecule has 1 aromatic carbocycles. The van der Waals surface area contributed by atoms with Gasteiger partial charge < -0.3 is 5.32 Å². The number of benzene rings is 1. The van der Waals surface area contributed by atoms with Gasteiger partial charge in [0.1, 0.15) is 0 Å². The summed E-state index contributed by atoms with van der Waals surface area (Å²) in [6.45, 7) is 3.48. The van der Waals surface area contributed by atoms with Gasteiger partial charge in [-0.3, -0.25) is 4.90 Å². The summed E-state index contributed by atoms with van der Waals surface area (Å²) in [4.78, 5) is 2.66. The van der Waals surface area contributed by atoms with Crippen molar-refractivity contribution in [3.8, 4) is 0 Å². The second-order valence-corrected chi connectivity index (χ2v) is 6.05. The van der Waals surface area contributed by atoms with Crippen LogP contribution >= 0.6 is 15.9 Å². The van der Waals surface area contributed by atoms with Crippen molar-refractivity contribution in [2.24, 2.45) is 0 Å². The molecule has 1 aliphatic heterocycles. The first-order valence-corrected chi connectivity index (χ1v) is 7.72. The van der Waals surface area contributed by atoms with E-state index in [0.29, 0.717) is 0 Å². The molecule has 0 radical (unpaired) electrons.